The van der Waals surface area contributed by atoms with Gasteiger partial charge in [-0.15, -0.1) is 0 Å². The number of hydrogen-bond donors (Lipinski definition) is 1. The third-order valence-electron chi connectivity index (χ3n) is 4.65. The highest BCUT2D eigenvalue weighted by molar-refractivity contribution is 7.91. The van der Waals surface area contributed by atoms with E-state index in [-0.39, 0.29) is 14.7 Å². The predicted molar refractivity (Wildman–Crippen MR) is 104 cm³/mol. The van der Waals surface area contributed by atoms with Crippen LogP contribution >= 0.6 is 0 Å². The van der Waals surface area contributed by atoms with Crippen LogP contribution in [-0.4, -0.2) is 47.9 Å². The molecule has 0 saturated carbocycles. The van der Waals surface area contributed by atoms with Crippen molar-refractivity contribution in [3.8, 4) is 0 Å². The molecule has 2 aromatic carbocycles. The van der Waals surface area contributed by atoms with Gasteiger partial charge in [0.25, 0.3) is 0 Å². The summed E-state index contributed by atoms with van der Waals surface area (Å²) in [4.78, 5) is 2.30. The lowest BCUT2D eigenvalue weighted by atomic mass is 10.1. The minimum atomic E-state index is -3.77. The van der Waals surface area contributed by atoms with E-state index in [2.05, 4.69) is 9.62 Å². The largest absolute Gasteiger partial charge is 0.302 e. The van der Waals surface area contributed by atoms with Gasteiger partial charge in [-0.2, -0.15) is 0 Å². The van der Waals surface area contributed by atoms with E-state index in [4.69, 9.17) is 0 Å². The highest BCUT2D eigenvalue weighted by atomic mass is 32.2. The van der Waals surface area contributed by atoms with E-state index < -0.39 is 19.9 Å². The van der Waals surface area contributed by atoms with Gasteiger partial charge in [0.15, 0.2) is 0 Å². The lowest BCUT2D eigenvalue weighted by molar-refractivity contribution is 0.233. The van der Waals surface area contributed by atoms with E-state index in [0.717, 1.165) is 25.9 Å². The van der Waals surface area contributed by atoms with Crippen LogP contribution in [0.4, 0.5) is 0 Å². The summed E-state index contributed by atoms with van der Waals surface area (Å²) >= 11 is 0. The van der Waals surface area contributed by atoms with Crippen molar-refractivity contribution in [2.24, 2.45) is 0 Å². The van der Waals surface area contributed by atoms with Crippen molar-refractivity contribution in [3.63, 3.8) is 0 Å². The summed E-state index contributed by atoms with van der Waals surface area (Å²) in [7, 11) is -7.53. The zero-order chi connectivity index (χ0) is 19.3. The Hall–Kier alpha value is -1.74. The molecule has 0 spiro atoms. The molecule has 1 aliphatic heterocycles. The molecule has 1 fully saturated rings. The number of nitrogens with zero attached hydrogens (tertiary/aromatic N) is 1. The maximum Gasteiger partial charge on any atom is 0.240 e. The van der Waals surface area contributed by atoms with E-state index in [1.165, 1.54) is 42.8 Å². The molecule has 0 radical (unpaired) electrons. The molecule has 3 rings (SSSR count). The van der Waals surface area contributed by atoms with Gasteiger partial charge < -0.3 is 4.90 Å². The molecule has 27 heavy (non-hydrogen) atoms. The molecule has 0 aromatic heterocycles. The Morgan fingerprint density at radius 2 is 1.41 bits per heavy atom. The molecule has 0 bridgehead atoms. The van der Waals surface area contributed by atoms with Crippen molar-refractivity contribution >= 4 is 19.9 Å². The smallest absolute Gasteiger partial charge is 0.240 e. The summed E-state index contributed by atoms with van der Waals surface area (Å²) in [5.74, 6) is 0. The summed E-state index contributed by atoms with van der Waals surface area (Å²) in [6.07, 6.45) is 3.52. The molecule has 0 atom stereocenters. The Morgan fingerprint density at radius 3 is 2.11 bits per heavy atom. The Labute approximate surface area is 161 Å². The van der Waals surface area contributed by atoms with Crippen LogP contribution in [0.15, 0.2) is 69.3 Å². The molecule has 0 amide bonds. The molecular weight excluding hydrogens is 384 g/mol. The average molecular weight is 409 g/mol. The normalized spacial score (nSPS) is 16.3. The minimum absolute atomic E-state index is 0.0346. The first-order valence-corrected chi connectivity index (χ1v) is 12.0. The maximum absolute atomic E-state index is 12.7. The van der Waals surface area contributed by atoms with Gasteiger partial charge in [-0.1, -0.05) is 30.7 Å². The second-order valence-corrected chi connectivity index (χ2v) is 10.3. The third-order valence-corrected chi connectivity index (χ3v) is 7.87. The van der Waals surface area contributed by atoms with Crippen molar-refractivity contribution in [2.45, 2.75) is 33.9 Å². The topological polar surface area (TPSA) is 83.6 Å². The molecule has 1 saturated heterocycles. The van der Waals surface area contributed by atoms with Crippen molar-refractivity contribution < 1.29 is 16.8 Å². The second kappa shape index (κ2) is 8.52. The number of sulfone groups is 1. The molecule has 1 heterocycles. The van der Waals surface area contributed by atoms with Gasteiger partial charge in [-0.3, -0.25) is 0 Å². The summed E-state index contributed by atoms with van der Waals surface area (Å²) in [6, 6.07) is 13.5. The van der Waals surface area contributed by atoms with Gasteiger partial charge in [0.05, 0.1) is 14.7 Å². The van der Waals surface area contributed by atoms with Crippen LogP contribution in [0.25, 0.3) is 0 Å². The van der Waals surface area contributed by atoms with Crippen molar-refractivity contribution in [3.05, 3.63) is 54.6 Å². The first-order valence-electron chi connectivity index (χ1n) is 9.02. The quantitative estimate of drug-likeness (QED) is 0.760. The van der Waals surface area contributed by atoms with Crippen LogP contribution in [0, 0.1) is 0 Å². The maximum atomic E-state index is 12.7. The van der Waals surface area contributed by atoms with Crippen LogP contribution in [0.5, 0.6) is 0 Å². The molecular formula is C19H24N2O4S2. The van der Waals surface area contributed by atoms with Crippen molar-refractivity contribution in [1.82, 2.24) is 9.62 Å². The molecule has 1 aliphatic rings. The highest BCUT2D eigenvalue weighted by Crippen LogP contribution is 2.23. The third kappa shape index (κ3) is 4.95. The van der Waals surface area contributed by atoms with Gasteiger partial charge in [0.2, 0.25) is 19.9 Å². The molecule has 8 heteroatoms. The number of likely N-dealkylation sites (tertiary alicyclic amines) is 1. The van der Waals surface area contributed by atoms with Crippen molar-refractivity contribution in [2.75, 3.05) is 26.2 Å². The van der Waals surface area contributed by atoms with Gasteiger partial charge in [-0.05, 0) is 56.3 Å². The summed E-state index contributed by atoms with van der Waals surface area (Å²) < 4.78 is 53.1. The van der Waals surface area contributed by atoms with Crippen LogP contribution in [0.1, 0.15) is 19.3 Å². The summed E-state index contributed by atoms with van der Waals surface area (Å²) in [6.45, 7) is 2.94. The number of sulfonamides is 1. The zero-order valence-corrected chi connectivity index (χ0v) is 16.7. The van der Waals surface area contributed by atoms with Crippen LogP contribution in [0.2, 0.25) is 0 Å². The van der Waals surface area contributed by atoms with Crippen molar-refractivity contribution in [1.29, 1.82) is 0 Å². The Balaban J connectivity index is 1.74. The standard InChI is InChI=1S/C19H24N2O4S2/c22-26(23,17-8-3-1-4-9-17)18-10-7-11-19(16-18)27(24,25)20-12-15-21-13-5-2-6-14-21/h1,3-4,7-11,16,20H,2,5-6,12-15H2. The molecule has 146 valence electrons. The van der Waals surface area contributed by atoms with Gasteiger partial charge >= 0.3 is 0 Å². The molecule has 6 nitrogen and oxygen atoms in total. The zero-order valence-electron chi connectivity index (χ0n) is 15.0. The predicted octanol–water partition coefficient (Wildman–Crippen LogP) is 2.28. The van der Waals surface area contributed by atoms with E-state index in [0.29, 0.717) is 13.1 Å². The highest BCUT2D eigenvalue weighted by Gasteiger charge is 2.21. The van der Waals surface area contributed by atoms with Crippen LogP contribution < -0.4 is 4.72 Å². The van der Waals surface area contributed by atoms with Gasteiger partial charge in [0.1, 0.15) is 0 Å². The fourth-order valence-electron chi connectivity index (χ4n) is 3.15. The molecule has 1 N–H and O–H groups in total. The summed E-state index contributed by atoms with van der Waals surface area (Å²) in [5.41, 5.74) is 0. The molecule has 2 aromatic rings. The Bertz CT molecular complexity index is 968. The summed E-state index contributed by atoms with van der Waals surface area (Å²) in [5, 5.41) is 0. The fraction of sp³-hybridized carbons (Fsp3) is 0.368. The fourth-order valence-corrected chi connectivity index (χ4v) is 5.62. The second-order valence-electron chi connectivity index (χ2n) is 6.59. The van der Waals surface area contributed by atoms with E-state index in [1.54, 1.807) is 18.2 Å². The minimum Gasteiger partial charge on any atom is -0.302 e. The first kappa shape index (κ1) is 20.0. The number of benzene rings is 2. The molecule has 0 aliphatic carbocycles. The lowest BCUT2D eigenvalue weighted by Gasteiger charge is -2.26. The van der Waals surface area contributed by atoms with E-state index >= 15 is 0 Å². The first-order chi connectivity index (χ1) is 12.9. The SMILES string of the molecule is O=S(=O)(NCCN1CCCCC1)c1cccc(S(=O)(=O)c2ccccc2)c1. The van der Waals surface area contributed by atoms with E-state index in [1.807, 2.05) is 0 Å². The number of nitrogens with one attached hydrogen (secondary N) is 1. The Morgan fingerprint density at radius 1 is 0.778 bits per heavy atom. The monoisotopic (exact) mass is 408 g/mol. The number of rotatable bonds is 7. The number of hydrogen-bond acceptors (Lipinski definition) is 5. The van der Waals surface area contributed by atoms with Crippen LogP contribution in [-0.2, 0) is 19.9 Å². The van der Waals surface area contributed by atoms with Gasteiger partial charge in [0, 0.05) is 13.1 Å². The van der Waals surface area contributed by atoms with E-state index in [9.17, 15) is 16.8 Å². The lowest BCUT2D eigenvalue weighted by Crippen LogP contribution is -2.37. The van der Waals surface area contributed by atoms with Crippen LogP contribution in [0.3, 0.4) is 0 Å². The average Bonchev–Trinajstić information content (AvgIpc) is 2.69. The molecule has 0 unspecified atom stereocenters. The Kier molecular flexibility index (Phi) is 6.31. The number of piperidine rings is 1. The van der Waals surface area contributed by atoms with Gasteiger partial charge in [-0.25, -0.2) is 21.6 Å².